The number of thioether (sulfide) groups is 1. The number of aryl methyl sites for hydroxylation is 2. The highest BCUT2D eigenvalue weighted by Crippen LogP contribution is 2.25. The number of ether oxygens (including phenoxy) is 1. The fourth-order valence-corrected chi connectivity index (χ4v) is 3.61. The Labute approximate surface area is 135 Å². The highest BCUT2D eigenvalue weighted by atomic mass is 32.2. The van der Waals surface area contributed by atoms with Crippen molar-refractivity contribution in [3.05, 3.63) is 34.9 Å². The van der Waals surface area contributed by atoms with E-state index in [1.807, 2.05) is 7.05 Å². The molecular weight excluding hydrogens is 296 g/mol. The Kier molecular flexibility index (Phi) is 4.69. The zero-order valence-electron chi connectivity index (χ0n) is 13.4. The Hall–Kier alpha value is -1.53. The van der Waals surface area contributed by atoms with Gasteiger partial charge in [0, 0.05) is 25.9 Å². The first-order valence-corrected chi connectivity index (χ1v) is 8.54. The number of hydrogen-bond acceptors (Lipinski definition) is 5. The van der Waals surface area contributed by atoms with Gasteiger partial charge in [0.15, 0.2) is 5.16 Å². The molecule has 0 saturated carbocycles. The Morgan fingerprint density at radius 1 is 1.09 bits per heavy atom. The van der Waals surface area contributed by atoms with Gasteiger partial charge in [-0.1, -0.05) is 41.1 Å². The van der Waals surface area contributed by atoms with E-state index in [9.17, 15) is 0 Å². The summed E-state index contributed by atoms with van der Waals surface area (Å²) in [4.78, 5) is 2.23. The summed E-state index contributed by atoms with van der Waals surface area (Å²) in [5.41, 5.74) is 3.95. The molecule has 0 radical (unpaired) electrons. The lowest BCUT2D eigenvalue weighted by Crippen LogP contribution is -2.37. The number of aromatic nitrogens is 3. The van der Waals surface area contributed by atoms with Gasteiger partial charge in [-0.3, -0.25) is 4.57 Å². The third-order valence-electron chi connectivity index (χ3n) is 3.76. The summed E-state index contributed by atoms with van der Waals surface area (Å²) in [6, 6.07) is 6.67. The molecule has 2 heterocycles. The third-order valence-corrected chi connectivity index (χ3v) is 4.85. The van der Waals surface area contributed by atoms with Gasteiger partial charge in [0.2, 0.25) is 5.95 Å². The number of hydrogen-bond donors (Lipinski definition) is 0. The zero-order valence-corrected chi connectivity index (χ0v) is 14.2. The van der Waals surface area contributed by atoms with Crippen LogP contribution in [-0.4, -0.2) is 41.1 Å². The molecule has 2 aromatic rings. The first-order valence-electron chi connectivity index (χ1n) is 7.55. The maximum atomic E-state index is 5.39. The Morgan fingerprint density at radius 3 is 2.45 bits per heavy atom. The van der Waals surface area contributed by atoms with Gasteiger partial charge in [-0.25, -0.2) is 0 Å². The van der Waals surface area contributed by atoms with E-state index in [0.29, 0.717) is 0 Å². The molecular formula is C16H22N4OS. The summed E-state index contributed by atoms with van der Waals surface area (Å²) >= 11 is 1.73. The van der Waals surface area contributed by atoms with Gasteiger partial charge in [0.25, 0.3) is 0 Å². The summed E-state index contributed by atoms with van der Waals surface area (Å²) in [6.07, 6.45) is 0. The molecule has 118 valence electrons. The van der Waals surface area contributed by atoms with Crippen LogP contribution in [0.25, 0.3) is 0 Å². The van der Waals surface area contributed by atoms with Gasteiger partial charge in [-0.05, 0) is 19.4 Å². The van der Waals surface area contributed by atoms with E-state index in [1.165, 1.54) is 16.7 Å². The summed E-state index contributed by atoms with van der Waals surface area (Å²) in [5.74, 6) is 1.85. The Bertz CT molecular complexity index is 629. The van der Waals surface area contributed by atoms with Crippen LogP contribution in [0.2, 0.25) is 0 Å². The second kappa shape index (κ2) is 6.71. The molecule has 0 aliphatic carbocycles. The predicted octanol–water partition coefficient (Wildman–Crippen LogP) is 2.56. The molecule has 1 aromatic carbocycles. The van der Waals surface area contributed by atoms with Crippen molar-refractivity contribution in [3.8, 4) is 0 Å². The van der Waals surface area contributed by atoms with Gasteiger partial charge in [-0.15, -0.1) is 10.2 Å². The number of rotatable bonds is 4. The fourth-order valence-electron chi connectivity index (χ4n) is 2.77. The van der Waals surface area contributed by atoms with E-state index in [2.05, 4.69) is 51.7 Å². The van der Waals surface area contributed by atoms with Gasteiger partial charge in [0.1, 0.15) is 0 Å². The van der Waals surface area contributed by atoms with Crippen LogP contribution in [0.1, 0.15) is 16.7 Å². The third kappa shape index (κ3) is 3.44. The van der Waals surface area contributed by atoms with Crippen LogP contribution in [0, 0.1) is 13.8 Å². The summed E-state index contributed by atoms with van der Waals surface area (Å²) < 4.78 is 7.47. The number of morpholine rings is 1. The maximum Gasteiger partial charge on any atom is 0.227 e. The molecule has 5 nitrogen and oxygen atoms in total. The molecule has 0 spiro atoms. The fraction of sp³-hybridized carbons (Fsp3) is 0.500. The molecule has 1 aliphatic rings. The molecule has 6 heteroatoms. The van der Waals surface area contributed by atoms with Gasteiger partial charge in [0.05, 0.1) is 13.2 Å². The first kappa shape index (κ1) is 15.4. The van der Waals surface area contributed by atoms with E-state index in [-0.39, 0.29) is 0 Å². The molecule has 1 saturated heterocycles. The van der Waals surface area contributed by atoms with E-state index < -0.39 is 0 Å². The van der Waals surface area contributed by atoms with E-state index >= 15 is 0 Å². The van der Waals surface area contributed by atoms with Crippen LogP contribution >= 0.6 is 11.8 Å². The molecule has 1 aromatic heterocycles. The largest absolute Gasteiger partial charge is 0.378 e. The maximum absolute atomic E-state index is 5.39. The van der Waals surface area contributed by atoms with Crippen molar-refractivity contribution in [2.75, 3.05) is 31.2 Å². The van der Waals surface area contributed by atoms with Crippen LogP contribution in [0.3, 0.4) is 0 Å². The average Bonchev–Trinajstić information content (AvgIpc) is 2.86. The summed E-state index contributed by atoms with van der Waals surface area (Å²) in [7, 11) is 2.04. The molecule has 0 unspecified atom stereocenters. The number of nitrogens with zero attached hydrogens (tertiary/aromatic N) is 4. The standard InChI is InChI=1S/C16H22N4OS/c1-12-8-13(2)10-14(9-12)11-22-16-18-17-15(19(16)3)20-4-6-21-7-5-20/h8-10H,4-7,11H2,1-3H3. The van der Waals surface area contributed by atoms with Crippen LogP contribution in [0.15, 0.2) is 23.4 Å². The molecule has 1 fully saturated rings. The summed E-state index contributed by atoms with van der Waals surface area (Å²) in [6.45, 7) is 7.57. The minimum Gasteiger partial charge on any atom is -0.378 e. The van der Waals surface area contributed by atoms with Crippen molar-refractivity contribution < 1.29 is 4.74 Å². The van der Waals surface area contributed by atoms with E-state index in [0.717, 1.165) is 43.2 Å². The Balaban J connectivity index is 1.69. The zero-order chi connectivity index (χ0) is 15.5. The van der Waals surface area contributed by atoms with Crippen molar-refractivity contribution in [2.45, 2.75) is 24.8 Å². The van der Waals surface area contributed by atoms with Crippen LogP contribution < -0.4 is 4.90 Å². The normalized spacial score (nSPS) is 15.3. The number of anilines is 1. The monoisotopic (exact) mass is 318 g/mol. The molecule has 0 N–H and O–H groups in total. The van der Waals surface area contributed by atoms with E-state index in [1.54, 1.807) is 11.8 Å². The molecule has 0 bridgehead atoms. The smallest absolute Gasteiger partial charge is 0.227 e. The van der Waals surface area contributed by atoms with Crippen molar-refractivity contribution in [1.29, 1.82) is 0 Å². The topological polar surface area (TPSA) is 43.2 Å². The SMILES string of the molecule is Cc1cc(C)cc(CSc2nnc(N3CCOCC3)n2C)c1. The highest BCUT2D eigenvalue weighted by Gasteiger charge is 2.18. The van der Waals surface area contributed by atoms with Crippen molar-refractivity contribution in [1.82, 2.24) is 14.8 Å². The minimum absolute atomic E-state index is 0.762. The highest BCUT2D eigenvalue weighted by molar-refractivity contribution is 7.98. The molecule has 0 amide bonds. The average molecular weight is 318 g/mol. The van der Waals surface area contributed by atoms with E-state index in [4.69, 9.17) is 4.74 Å². The van der Waals surface area contributed by atoms with Crippen LogP contribution in [0.5, 0.6) is 0 Å². The van der Waals surface area contributed by atoms with Gasteiger partial charge in [-0.2, -0.15) is 0 Å². The lowest BCUT2D eigenvalue weighted by molar-refractivity contribution is 0.121. The molecule has 3 rings (SSSR count). The minimum atomic E-state index is 0.762. The number of benzene rings is 1. The van der Waals surface area contributed by atoms with Gasteiger partial charge < -0.3 is 9.64 Å². The van der Waals surface area contributed by atoms with Crippen molar-refractivity contribution in [2.24, 2.45) is 7.05 Å². The lowest BCUT2D eigenvalue weighted by Gasteiger charge is -2.27. The second-order valence-corrected chi connectivity index (χ2v) is 6.67. The molecule has 22 heavy (non-hydrogen) atoms. The molecule has 1 aliphatic heterocycles. The predicted molar refractivity (Wildman–Crippen MR) is 89.5 cm³/mol. The van der Waals surface area contributed by atoms with Crippen LogP contribution in [0.4, 0.5) is 5.95 Å². The quantitative estimate of drug-likeness (QED) is 0.811. The first-order chi connectivity index (χ1) is 10.6. The lowest BCUT2D eigenvalue weighted by atomic mass is 10.1. The molecule has 0 atom stereocenters. The summed E-state index contributed by atoms with van der Waals surface area (Å²) in [5, 5.41) is 9.65. The van der Waals surface area contributed by atoms with Gasteiger partial charge >= 0.3 is 0 Å². The van der Waals surface area contributed by atoms with Crippen molar-refractivity contribution in [3.63, 3.8) is 0 Å². The second-order valence-electron chi connectivity index (χ2n) is 5.73. The Morgan fingerprint density at radius 2 is 1.77 bits per heavy atom. The van der Waals surface area contributed by atoms with Crippen molar-refractivity contribution >= 4 is 17.7 Å². The van der Waals surface area contributed by atoms with Crippen LogP contribution in [-0.2, 0) is 17.5 Å².